The Morgan fingerprint density at radius 3 is 2.55 bits per heavy atom. The Balaban J connectivity index is 2.08. The number of halogens is 1. The first kappa shape index (κ1) is 15.7. The Morgan fingerprint density at radius 1 is 1.18 bits per heavy atom. The van der Waals surface area contributed by atoms with Gasteiger partial charge in [0.15, 0.2) is 0 Å². The van der Waals surface area contributed by atoms with Crippen LogP contribution in [0.1, 0.15) is 5.56 Å². The van der Waals surface area contributed by atoms with Gasteiger partial charge in [0.05, 0.1) is 10.6 Å². The second-order valence-corrected chi connectivity index (χ2v) is 8.72. The number of nitrogens with zero attached hydrogens (tertiary/aromatic N) is 1. The summed E-state index contributed by atoms with van der Waals surface area (Å²) in [7, 11) is -3.57. The average molecular weight is 354 g/mol. The van der Waals surface area contributed by atoms with E-state index in [9.17, 15) is 8.42 Å². The largest absolute Gasteiger partial charge is 0.264 e. The van der Waals surface area contributed by atoms with Crippen molar-refractivity contribution in [1.29, 1.82) is 0 Å². The zero-order valence-electron chi connectivity index (χ0n) is 12.1. The topological polar surface area (TPSA) is 37.4 Å². The van der Waals surface area contributed by atoms with Crippen LogP contribution in [-0.4, -0.2) is 26.1 Å². The highest BCUT2D eigenvalue weighted by molar-refractivity contribution is 8.00. The van der Waals surface area contributed by atoms with Gasteiger partial charge in [0, 0.05) is 22.6 Å². The summed E-state index contributed by atoms with van der Waals surface area (Å²) in [6.45, 7) is 2.33. The summed E-state index contributed by atoms with van der Waals surface area (Å²) in [6, 6.07) is 14.5. The SMILES string of the molecule is Cc1ccc(S(=O)(=O)N2C[C@@H](CCl)Sc3ccccc32)cc1. The van der Waals surface area contributed by atoms with Crippen LogP contribution in [0.2, 0.25) is 0 Å². The number of benzene rings is 2. The monoisotopic (exact) mass is 353 g/mol. The molecule has 2 aromatic rings. The number of sulfonamides is 1. The Bertz CT molecular complexity index is 775. The molecule has 0 unspecified atom stereocenters. The third-order valence-electron chi connectivity index (χ3n) is 3.58. The minimum Gasteiger partial charge on any atom is -0.264 e. The van der Waals surface area contributed by atoms with Gasteiger partial charge in [-0.05, 0) is 31.2 Å². The van der Waals surface area contributed by atoms with E-state index in [4.69, 9.17) is 11.6 Å². The van der Waals surface area contributed by atoms with E-state index in [1.165, 1.54) is 4.31 Å². The fraction of sp³-hybridized carbons (Fsp3) is 0.250. The fourth-order valence-electron chi connectivity index (χ4n) is 2.41. The molecule has 22 heavy (non-hydrogen) atoms. The maximum atomic E-state index is 13.0. The molecule has 1 atom stereocenters. The quantitative estimate of drug-likeness (QED) is 0.785. The van der Waals surface area contributed by atoms with Crippen molar-refractivity contribution in [2.45, 2.75) is 22.0 Å². The van der Waals surface area contributed by atoms with Crippen LogP contribution in [0, 0.1) is 6.92 Å². The number of fused-ring (bicyclic) bond motifs is 1. The van der Waals surface area contributed by atoms with Crippen molar-refractivity contribution < 1.29 is 8.42 Å². The third kappa shape index (κ3) is 2.85. The summed E-state index contributed by atoms with van der Waals surface area (Å²) < 4.78 is 27.5. The molecule has 1 heterocycles. The lowest BCUT2D eigenvalue weighted by Gasteiger charge is -2.34. The van der Waals surface area contributed by atoms with Crippen molar-refractivity contribution in [3.8, 4) is 0 Å². The molecule has 2 aromatic carbocycles. The molecule has 0 bridgehead atoms. The van der Waals surface area contributed by atoms with Crippen molar-refractivity contribution >= 4 is 39.1 Å². The average Bonchev–Trinajstić information content (AvgIpc) is 2.54. The Kier molecular flexibility index (Phi) is 4.39. The zero-order valence-corrected chi connectivity index (χ0v) is 14.5. The smallest absolute Gasteiger partial charge is 0.264 e. The fourth-order valence-corrected chi connectivity index (χ4v) is 5.48. The lowest BCUT2D eigenvalue weighted by atomic mass is 10.2. The van der Waals surface area contributed by atoms with Crippen molar-refractivity contribution in [3.63, 3.8) is 0 Å². The first-order chi connectivity index (χ1) is 10.5. The molecule has 1 aliphatic rings. The number of hydrogen-bond donors (Lipinski definition) is 0. The van der Waals surface area contributed by atoms with E-state index in [1.807, 2.05) is 43.3 Å². The minimum atomic E-state index is -3.57. The first-order valence-corrected chi connectivity index (χ1v) is 9.79. The van der Waals surface area contributed by atoms with Gasteiger partial charge in [-0.25, -0.2) is 8.42 Å². The third-order valence-corrected chi connectivity index (χ3v) is 7.18. The Hall–Kier alpha value is -1.17. The second-order valence-electron chi connectivity index (χ2n) is 5.21. The molecular formula is C16H16ClNO2S2. The van der Waals surface area contributed by atoms with Gasteiger partial charge in [0.1, 0.15) is 0 Å². The lowest BCUT2D eigenvalue weighted by Crippen LogP contribution is -2.40. The summed E-state index contributed by atoms with van der Waals surface area (Å²) in [5.41, 5.74) is 1.77. The van der Waals surface area contributed by atoms with Crippen molar-refractivity contribution in [2.24, 2.45) is 0 Å². The number of rotatable bonds is 3. The molecule has 0 aromatic heterocycles. The minimum absolute atomic E-state index is 0.0526. The van der Waals surface area contributed by atoms with Crippen LogP contribution in [0.25, 0.3) is 0 Å². The van der Waals surface area contributed by atoms with Gasteiger partial charge in [-0.2, -0.15) is 0 Å². The number of para-hydroxylation sites is 1. The van der Waals surface area contributed by atoms with Crippen LogP contribution < -0.4 is 4.31 Å². The Labute approximate surface area is 140 Å². The van der Waals surface area contributed by atoms with Gasteiger partial charge in [0.25, 0.3) is 10.0 Å². The summed E-state index contributed by atoms with van der Waals surface area (Å²) in [6.07, 6.45) is 0. The molecule has 0 N–H and O–H groups in total. The molecule has 0 radical (unpaired) electrons. The van der Waals surface area contributed by atoms with E-state index in [1.54, 1.807) is 23.9 Å². The zero-order chi connectivity index (χ0) is 15.7. The van der Waals surface area contributed by atoms with Crippen LogP contribution in [-0.2, 0) is 10.0 Å². The number of thioether (sulfide) groups is 1. The Morgan fingerprint density at radius 2 is 1.86 bits per heavy atom. The molecule has 0 fully saturated rings. The van der Waals surface area contributed by atoms with Gasteiger partial charge in [-0.3, -0.25) is 4.31 Å². The van der Waals surface area contributed by atoms with Crippen molar-refractivity contribution in [3.05, 3.63) is 54.1 Å². The predicted molar refractivity (Wildman–Crippen MR) is 92.5 cm³/mol. The molecule has 1 aliphatic heterocycles. The van der Waals surface area contributed by atoms with E-state index in [-0.39, 0.29) is 5.25 Å². The maximum Gasteiger partial charge on any atom is 0.264 e. The summed E-state index contributed by atoms with van der Waals surface area (Å²) in [5.74, 6) is 0.416. The van der Waals surface area contributed by atoms with Gasteiger partial charge in [0.2, 0.25) is 0 Å². The van der Waals surface area contributed by atoms with Crippen LogP contribution in [0.15, 0.2) is 58.3 Å². The summed E-state index contributed by atoms with van der Waals surface area (Å²) in [4.78, 5) is 1.27. The molecule has 0 aliphatic carbocycles. The second kappa shape index (κ2) is 6.14. The normalized spacial score (nSPS) is 18.1. The highest BCUT2D eigenvalue weighted by Crippen LogP contribution is 2.41. The standard InChI is InChI=1S/C16H16ClNO2S2/c1-12-6-8-14(9-7-12)22(19,20)18-11-13(10-17)21-16-5-3-2-4-15(16)18/h2-9,13H,10-11H2,1H3/t13-/m1/s1. The van der Waals surface area contributed by atoms with Crippen molar-refractivity contribution in [1.82, 2.24) is 0 Å². The van der Waals surface area contributed by atoms with Crippen molar-refractivity contribution in [2.75, 3.05) is 16.7 Å². The molecule has 0 saturated carbocycles. The summed E-state index contributed by atoms with van der Waals surface area (Å²) >= 11 is 7.62. The lowest BCUT2D eigenvalue weighted by molar-refractivity contribution is 0.589. The molecule has 3 nitrogen and oxygen atoms in total. The highest BCUT2D eigenvalue weighted by Gasteiger charge is 2.33. The van der Waals surface area contributed by atoms with Crippen LogP contribution >= 0.6 is 23.4 Å². The van der Waals surface area contributed by atoms with E-state index in [0.717, 1.165) is 16.1 Å². The van der Waals surface area contributed by atoms with E-state index >= 15 is 0 Å². The van der Waals surface area contributed by atoms with Crippen LogP contribution in [0.3, 0.4) is 0 Å². The number of hydrogen-bond acceptors (Lipinski definition) is 3. The molecule has 3 rings (SSSR count). The van der Waals surface area contributed by atoms with E-state index < -0.39 is 10.0 Å². The summed E-state index contributed by atoms with van der Waals surface area (Å²) in [5, 5.41) is 0.0526. The maximum absolute atomic E-state index is 13.0. The molecule has 0 spiro atoms. The van der Waals surface area contributed by atoms with E-state index in [2.05, 4.69) is 0 Å². The molecule has 6 heteroatoms. The van der Waals surface area contributed by atoms with E-state index in [0.29, 0.717) is 17.3 Å². The van der Waals surface area contributed by atoms with Gasteiger partial charge < -0.3 is 0 Å². The number of aryl methyl sites for hydroxylation is 1. The van der Waals surface area contributed by atoms with Gasteiger partial charge in [-0.1, -0.05) is 29.8 Å². The predicted octanol–water partition coefficient (Wildman–Crippen LogP) is 3.90. The van der Waals surface area contributed by atoms with Crippen LogP contribution in [0.5, 0.6) is 0 Å². The number of anilines is 1. The highest BCUT2D eigenvalue weighted by atomic mass is 35.5. The molecule has 0 saturated heterocycles. The molecule has 116 valence electrons. The molecular weight excluding hydrogens is 338 g/mol. The number of alkyl halides is 1. The first-order valence-electron chi connectivity index (χ1n) is 6.93. The van der Waals surface area contributed by atoms with Gasteiger partial charge >= 0.3 is 0 Å². The van der Waals surface area contributed by atoms with Gasteiger partial charge in [-0.15, -0.1) is 23.4 Å². The van der Waals surface area contributed by atoms with Crippen LogP contribution in [0.4, 0.5) is 5.69 Å². The molecule has 0 amide bonds.